The molecule has 1 amide bonds. The number of aliphatic hydroxyl groups is 1. The number of fused-ring (bicyclic) bond motifs is 5. The maximum Gasteiger partial charge on any atom is 0.433 e. The van der Waals surface area contributed by atoms with Crippen LogP contribution in [0.5, 0.6) is 0 Å². The average molecular weight is 697 g/mol. The first-order valence-corrected chi connectivity index (χ1v) is 17.5. The summed E-state index contributed by atoms with van der Waals surface area (Å²) in [4.78, 5) is 30.7. The van der Waals surface area contributed by atoms with E-state index < -0.39 is 65.0 Å². The summed E-state index contributed by atoms with van der Waals surface area (Å²) < 4.78 is 96.1. The Balaban J connectivity index is 0.949. The zero-order valence-electron chi connectivity index (χ0n) is 26.7. The number of likely N-dealkylation sites (tertiary alicyclic amines) is 1. The van der Waals surface area contributed by atoms with Crippen LogP contribution in [0.4, 0.5) is 31.1 Å². The fourth-order valence-electron chi connectivity index (χ4n) is 11.1. The van der Waals surface area contributed by atoms with Crippen molar-refractivity contribution in [1.29, 1.82) is 0 Å². The van der Waals surface area contributed by atoms with Gasteiger partial charge in [-0.05, 0) is 99.2 Å². The molecular weight excluding hydrogens is 658 g/mol. The lowest BCUT2D eigenvalue weighted by molar-refractivity contribution is -0.376. The van der Waals surface area contributed by atoms with Gasteiger partial charge in [0.25, 0.3) is 0 Å². The lowest BCUT2D eigenvalue weighted by Gasteiger charge is -2.49. The fraction of sp³-hybridized carbons (Fsp3) is 0.714. The molecule has 1 aromatic heterocycles. The second-order valence-corrected chi connectivity index (χ2v) is 15.6. The van der Waals surface area contributed by atoms with Gasteiger partial charge in [0.05, 0.1) is 17.1 Å². The molecule has 2 aliphatic heterocycles. The van der Waals surface area contributed by atoms with Gasteiger partial charge in [-0.15, -0.1) is 0 Å². The molecule has 3 bridgehead atoms. The minimum Gasteiger partial charge on any atom is -0.446 e. The van der Waals surface area contributed by atoms with E-state index in [9.17, 15) is 36.2 Å². The number of para-hydroxylation sites is 1. The van der Waals surface area contributed by atoms with E-state index in [0.29, 0.717) is 49.7 Å². The third kappa shape index (κ3) is 4.78. The quantitative estimate of drug-likeness (QED) is 0.257. The molecule has 0 radical (unpaired) electrons. The van der Waals surface area contributed by atoms with Gasteiger partial charge >= 0.3 is 18.4 Å². The van der Waals surface area contributed by atoms with Crippen molar-refractivity contribution in [3.05, 3.63) is 41.1 Å². The smallest absolute Gasteiger partial charge is 0.433 e. The Morgan fingerprint density at radius 1 is 0.939 bits per heavy atom. The minimum absolute atomic E-state index is 0.161. The molecule has 2 aromatic rings. The molecule has 5 aliphatic carbocycles. The second kappa shape index (κ2) is 10.7. The summed E-state index contributed by atoms with van der Waals surface area (Å²) in [5.41, 5.74) is -3.74. The summed E-state index contributed by atoms with van der Waals surface area (Å²) in [5.74, 6) is 0.183. The molecule has 3 spiro atoms. The van der Waals surface area contributed by atoms with Gasteiger partial charge in [-0.25, -0.2) is 9.78 Å². The molecule has 3 heterocycles. The predicted octanol–water partition coefficient (Wildman–Crippen LogP) is 8.07. The van der Waals surface area contributed by atoms with Crippen LogP contribution in [0.15, 0.2) is 24.3 Å². The van der Waals surface area contributed by atoms with Crippen LogP contribution < -0.4 is 0 Å². The molecule has 7 unspecified atom stereocenters. The molecule has 8 nitrogen and oxygen atoms in total. The molecule has 8 atom stereocenters. The van der Waals surface area contributed by atoms with Crippen molar-refractivity contribution in [3.63, 3.8) is 0 Å². The van der Waals surface area contributed by atoms with Gasteiger partial charge in [-0.1, -0.05) is 12.1 Å². The largest absolute Gasteiger partial charge is 0.446 e. The Morgan fingerprint density at radius 2 is 1.67 bits per heavy atom. The lowest BCUT2D eigenvalue weighted by atomic mass is 9.56. The number of aromatic nitrogens is 1. The van der Waals surface area contributed by atoms with E-state index in [2.05, 4.69) is 4.98 Å². The maximum absolute atomic E-state index is 13.9. The number of hydrogen-bond donors (Lipinski definition) is 1. The molecule has 266 valence electrons. The topological polar surface area (TPSA) is 90.4 Å². The molecular formula is C35H38F6N2O6. The van der Waals surface area contributed by atoms with Gasteiger partial charge in [0.2, 0.25) is 11.6 Å². The Kier molecular flexibility index (Phi) is 7.02. The average Bonchev–Trinajstić information content (AvgIpc) is 3.64. The van der Waals surface area contributed by atoms with E-state index in [0.717, 1.165) is 43.6 Å². The third-order valence-electron chi connectivity index (χ3n) is 13.2. The number of alkyl halides is 6. The van der Waals surface area contributed by atoms with Crippen molar-refractivity contribution >= 4 is 17.0 Å². The number of piperidine rings is 1. The monoisotopic (exact) mass is 696 g/mol. The molecule has 7 fully saturated rings. The van der Waals surface area contributed by atoms with E-state index in [1.165, 1.54) is 17.4 Å². The number of pyridine rings is 1. The Hall–Kier alpha value is -2.68. The van der Waals surface area contributed by atoms with Gasteiger partial charge < -0.3 is 19.5 Å². The van der Waals surface area contributed by atoms with Crippen LogP contribution in [-0.2, 0) is 31.6 Å². The minimum atomic E-state index is -5.08. The SMILES string of the molecule is O=C(OC1CCCC2(C1)OOC1(O2)C2CC3CC4CC1CC34C2)N1CCCCC1[C@@H](O)c1cc(C(F)(F)F)nc2c(C(F)(F)F)cccc12. The van der Waals surface area contributed by atoms with Gasteiger partial charge in [-0.2, -0.15) is 36.1 Å². The highest BCUT2D eigenvalue weighted by molar-refractivity contribution is 5.86. The summed E-state index contributed by atoms with van der Waals surface area (Å²) in [6, 6.07) is 2.46. The Labute approximate surface area is 278 Å². The van der Waals surface area contributed by atoms with Gasteiger partial charge in [0, 0.05) is 36.6 Å². The normalized spacial score (nSPS) is 40.3. The zero-order valence-corrected chi connectivity index (χ0v) is 26.7. The number of amides is 1. The molecule has 49 heavy (non-hydrogen) atoms. The number of ether oxygens (including phenoxy) is 2. The van der Waals surface area contributed by atoms with Gasteiger partial charge in [-0.3, -0.25) is 0 Å². The molecule has 1 aromatic carbocycles. The van der Waals surface area contributed by atoms with Crippen LogP contribution >= 0.6 is 0 Å². The molecule has 7 aliphatic rings. The molecule has 1 N–H and O–H groups in total. The number of nitrogens with zero attached hydrogens (tertiary/aromatic N) is 2. The fourth-order valence-corrected chi connectivity index (χ4v) is 11.1. The van der Waals surface area contributed by atoms with Crippen LogP contribution in [0, 0.1) is 29.1 Å². The van der Waals surface area contributed by atoms with E-state index in [4.69, 9.17) is 19.2 Å². The maximum atomic E-state index is 13.9. The number of aliphatic hydroxyl groups excluding tert-OH is 1. The molecule has 5 saturated carbocycles. The van der Waals surface area contributed by atoms with E-state index in [1.807, 2.05) is 0 Å². The summed E-state index contributed by atoms with van der Waals surface area (Å²) in [5, 5.41) is 11.3. The van der Waals surface area contributed by atoms with Crippen molar-refractivity contribution in [1.82, 2.24) is 9.88 Å². The van der Waals surface area contributed by atoms with Crippen LogP contribution in [0.25, 0.3) is 10.9 Å². The first-order valence-electron chi connectivity index (χ1n) is 17.5. The van der Waals surface area contributed by atoms with E-state index in [1.54, 1.807) is 0 Å². The second-order valence-electron chi connectivity index (χ2n) is 15.6. The summed E-state index contributed by atoms with van der Waals surface area (Å²) in [7, 11) is 0. The van der Waals surface area contributed by atoms with Crippen LogP contribution in [0.2, 0.25) is 0 Å². The third-order valence-corrected chi connectivity index (χ3v) is 13.2. The van der Waals surface area contributed by atoms with Crippen LogP contribution in [-0.4, -0.2) is 51.3 Å². The molecule has 2 saturated heterocycles. The summed E-state index contributed by atoms with van der Waals surface area (Å²) >= 11 is 0. The van der Waals surface area contributed by atoms with Gasteiger partial charge in [0.1, 0.15) is 17.9 Å². The first-order chi connectivity index (χ1) is 23.2. The van der Waals surface area contributed by atoms with Crippen molar-refractivity contribution in [2.45, 2.75) is 119 Å². The Morgan fingerprint density at radius 3 is 2.39 bits per heavy atom. The number of rotatable bonds is 3. The summed E-state index contributed by atoms with van der Waals surface area (Å²) in [6.07, 6.45) is -4.13. The molecule has 9 rings (SSSR count). The highest BCUT2D eigenvalue weighted by atomic mass is 19.4. The highest BCUT2D eigenvalue weighted by Gasteiger charge is 2.77. The summed E-state index contributed by atoms with van der Waals surface area (Å²) in [6.45, 7) is 0.161. The number of hydrogen-bond acceptors (Lipinski definition) is 7. The number of carbonyl (C=O) groups excluding carboxylic acids is 1. The van der Waals surface area contributed by atoms with E-state index >= 15 is 0 Å². The predicted molar refractivity (Wildman–Crippen MR) is 158 cm³/mol. The Bertz CT molecular complexity index is 1660. The number of carbonyl (C=O) groups is 1. The highest BCUT2D eigenvalue weighted by Crippen LogP contribution is 2.79. The standard InChI is InChI=1S/C35H38F6N2O6/c36-34(37,38)25-7-3-6-23-24(14-27(35(39,40)41)42-28(23)25)29(44)26-8-1-2-10-43(26)30(45)46-22-5-4-9-32(17-22)47-33(49-48-32)20-12-18-11-19-13-21(33)16-31(18,19)15-20/h3,6-7,14,18-22,26,29,44H,1-2,4-5,8-13,15-17H2/t18?,19?,20?,21?,22?,26?,29-,31?,32?,33?/m0/s1. The van der Waals surface area contributed by atoms with E-state index in [-0.39, 0.29) is 42.2 Å². The van der Waals surface area contributed by atoms with Crippen molar-refractivity contribution < 1.29 is 55.5 Å². The first kappa shape index (κ1) is 32.2. The van der Waals surface area contributed by atoms with Crippen LogP contribution in [0.1, 0.15) is 100.0 Å². The van der Waals surface area contributed by atoms with Gasteiger partial charge in [0.15, 0.2) is 0 Å². The lowest BCUT2D eigenvalue weighted by Crippen LogP contribution is -2.51. The van der Waals surface area contributed by atoms with Crippen molar-refractivity contribution in [2.75, 3.05) is 6.54 Å². The van der Waals surface area contributed by atoms with Crippen molar-refractivity contribution in [3.8, 4) is 0 Å². The van der Waals surface area contributed by atoms with Crippen LogP contribution in [0.3, 0.4) is 0 Å². The molecule has 14 heteroatoms. The zero-order chi connectivity index (χ0) is 34.1. The number of halogens is 6. The number of benzene rings is 1. The van der Waals surface area contributed by atoms with Crippen molar-refractivity contribution in [2.24, 2.45) is 29.1 Å².